The first-order chi connectivity index (χ1) is 6.09. The Hall–Kier alpha value is 0.200. The fourth-order valence-electron chi connectivity index (χ4n) is 0.979. The van der Waals surface area contributed by atoms with E-state index in [1.807, 2.05) is 6.07 Å². The summed E-state index contributed by atoms with van der Waals surface area (Å²) in [4.78, 5) is 0. The van der Waals surface area contributed by atoms with Crippen molar-refractivity contribution in [1.29, 1.82) is 0 Å². The van der Waals surface area contributed by atoms with Crippen LogP contribution in [0.1, 0.15) is 19.4 Å². The lowest BCUT2D eigenvalue weighted by Crippen LogP contribution is -2.21. The Kier molecular flexibility index (Phi) is 4.49. The van der Waals surface area contributed by atoms with Crippen molar-refractivity contribution >= 4 is 34.2 Å². The molecular weight excluding hydrogens is 296 g/mol. The van der Waals surface area contributed by atoms with Gasteiger partial charge in [-0.05, 0) is 40.3 Å². The Morgan fingerprint density at radius 3 is 2.69 bits per heavy atom. The summed E-state index contributed by atoms with van der Waals surface area (Å²) in [7, 11) is 0. The highest BCUT2D eigenvalue weighted by molar-refractivity contribution is 14.1. The van der Waals surface area contributed by atoms with E-state index in [0.717, 1.165) is 17.1 Å². The van der Waals surface area contributed by atoms with Crippen molar-refractivity contribution in [3.8, 4) is 0 Å². The minimum absolute atomic E-state index is 0.496. The molecule has 1 N–H and O–H groups in total. The van der Waals surface area contributed by atoms with Gasteiger partial charge in [0.1, 0.15) is 0 Å². The van der Waals surface area contributed by atoms with Crippen molar-refractivity contribution in [3.05, 3.63) is 32.4 Å². The number of nitrogens with one attached hydrogen (secondary N) is 1. The molecule has 0 saturated heterocycles. The summed E-state index contributed by atoms with van der Waals surface area (Å²) < 4.78 is 1.18. The first-order valence-electron chi connectivity index (χ1n) is 4.27. The predicted molar refractivity (Wildman–Crippen MR) is 66.1 cm³/mol. The highest BCUT2D eigenvalue weighted by atomic mass is 127. The van der Waals surface area contributed by atoms with E-state index in [9.17, 15) is 0 Å². The summed E-state index contributed by atoms with van der Waals surface area (Å²) in [5, 5.41) is 4.18. The van der Waals surface area contributed by atoms with Gasteiger partial charge in [0.05, 0.1) is 0 Å². The minimum Gasteiger partial charge on any atom is -0.310 e. The van der Waals surface area contributed by atoms with Crippen LogP contribution in [-0.2, 0) is 6.54 Å². The Morgan fingerprint density at radius 1 is 1.46 bits per heavy atom. The molecule has 0 aromatic heterocycles. The largest absolute Gasteiger partial charge is 0.310 e. The maximum atomic E-state index is 6.07. The molecular formula is C10H13ClIN. The zero-order valence-corrected chi connectivity index (χ0v) is 10.7. The van der Waals surface area contributed by atoms with Gasteiger partial charge in [-0.1, -0.05) is 31.5 Å². The summed E-state index contributed by atoms with van der Waals surface area (Å²) in [6, 6.07) is 6.62. The smallest absolute Gasteiger partial charge is 0.0461 e. The molecule has 1 nitrogen and oxygen atoms in total. The second-order valence-corrected chi connectivity index (χ2v) is 4.92. The topological polar surface area (TPSA) is 12.0 Å². The molecule has 0 bridgehead atoms. The molecule has 1 rings (SSSR count). The van der Waals surface area contributed by atoms with Crippen LogP contribution < -0.4 is 5.32 Å². The summed E-state index contributed by atoms with van der Waals surface area (Å²) in [5.74, 6) is 0. The molecule has 0 fully saturated rings. The van der Waals surface area contributed by atoms with E-state index < -0.39 is 0 Å². The summed E-state index contributed by atoms with van der Waals surface area (Å²) in [6.45, 7) is 5.09. The maximum absolute atomic E-state index is 6.07. The summed E-state index contributed by atoms with van der Waals surface area (Å²) >= 11 is 8.33. The Labute approximate surface area is 98.0 Å². The third-order valence-electron chi connectivity index (χ3n) is 1.72. The molecule has 0 unspecified atom stereocenters. The molecule has 0 aliphatic heterocycles. The third-order valence-corrected chi connectivity index (χ3v) is 2.74. The third kappa shape index (κ3) is 3.83. The molecule has 72 valence electrons. The number of benzene rings is 1. The molecule has 0 saturated carbocycles. The molecule has 0 atom stereocenters. The van der Waals surface area contributed by atoms with Gasteiger partial charge in [-0.15, -0.1) is 0 Å². The van der Waals surface area contributed by atoms with E-state index >= 15 is 0 Å². The van der Waals surface area contributed by atoms with Crippen LogP contribution in [0.3, 0.4) is 0 Å². The fraction of sp³-hybridized carbons (Fsp3) is 0.400. The van der Waals surface area contributed by atoms with Crippen molar-refractivity contribution in [3.63, 3.8) is 0 Å². The first kappa shape index (κ1) is 11.3. The summed E-state index contributed by atoms with van der Waals surface area (Å²) in [6.07, 6.45) is 0. The minimum atomic E-state index is 0.496. The van der Waals surface area contributed by atoms with Crippen LogP contribution in [0, 0.1) is 3.57 Å². The molecule has 13 heavy (non-hydrogen) atoms. The normalized spacial score (nSPS) is 10.8. The van der Waals surface area contributed by atoms with Crippen LogP contribution in [0.15, 0.2) is 18.2 Å². The summed E-state index contributed by atoms with van der Waals surface area (Å²) in [5.41, 5.74) is 1.16. The average Bonchev–Trinajstić information content (AvgIpc) is 2.02. The van der Waals surface area contributed by atoms with E-state index in [-0.39, 0.29) is 0 Å². The second kappa shape index (κ2) is 5.17. The zero-order valence-electron chi connectivity index (χ0n) is 7.77. The van der Waals surface area contributed by atoms with Crippen molar-refractivity contribution in [1.82, 2.24) is 5.32 Å². The Bertz CT molecular complexity index is 286. The number of rotatable bonds is 3. The van der Waals surface area contributed by atoms with Gasteiger partial charge in [0, 0.05) is 21.2 Å². The monoisotopic (exact) mass is 309 g/mol. The lowest BCUT2D eigenvalue weighted by atomic mass is 10.2. The van der Waals surface area contributed by atoms with Gasteiger partial charge in [0.15, 0.2) is 0 Å². The van der Waals surface area contributed by atoms with Gasteiger partial charge in [-0.3, -0.25) is 0 Å². The zero-order chi connectivity index (χ0) is 9.84. The quantitative estimate of drug-likeness (QED) is 0.843. The van der Waals surface area contributed by atoms with Gasteiger partial charge >= 0.3 is 0 Å². The van der Waals surface area contributed by atoms with Crippen molar-refractivity contribution in [2.24, 2.45) is 0 Å². The predicted octanol–water partition coefficient (Wildman–Crippen LogP) is 3.44. The van der Waals surface area contributed by atoms with Crippen molar-refractivity contribution in [2.45, 2.75) is 26.4 Å². The van der Waals surface area contributed by atoms with Gasteiger partial charge in [0.2, 0.25) is 0 Å². The average molecular weight is 310 g/mol. The van der Waals surface area contributed by atoms with Crippen molar-refractivity contribution < 1.29 is 0 Å². The Balaban J connectivity index is 2.67. The van der Waals surface area contributed by atoms with Crippen LogP contribution in [0.2, 0.25) is 5.02 Å². The Morgan fingerprint density at radius 2 is 2.15 bits per heavy atom. The van der Waals surface area contributed by atoms with E-state index in [2.05, 4.69) is 53.9 Å². The molecule has 3 heteroatoms. The van der Waals surface area contributed by atoms with Crippen LogP contribution in [-0.4, -0.2) is 6.04 Å². The maximum Gasteiger partial charge on any atom is 0.0461 e. The molecule has 0 radical (unpaired) electrons. The molecule has 0 aliphatic carbocycles. The van der Waals surface area contributed by atoms with Crippen molar-refractivity contribution in [2.75, 3.05) is 0 Å². The lowest BCUT2D eigenvalue weighted by molar-refractivity contribution is 0.589. The standard InChI is InChI=1S/C10H13ClIN/c1-7(2)13-6-8-3-4-9(12)5-10(8)11/h3-5,7,13H,6H2,1-2H3. The van der Waals surface area contributed by atoms with Gasteiger partial charge in [-0.2, -0.15) is 0 Å². The fourth-order valence-corrected chi connectivity index (χ4v) is 1.90. The van der Waals surface area contributed by atoms with Gasteiger partial charge in [-0.25, -0.2) is 0 Å². The SMILES string of the molecule is CC(C)NCc1ccc(I)cc1Cl. The van der Waals surface area contributed by atoms with Gasteiger partial charge < -0.3 is 5.32 Å². The molecule has 0 amide bonds. The number of hydrogen-bond acceptors (Lipinski definition) is 1. The van der Waals surface area contributed by atoms with E-state index in [4.69, 9.17) is 11.6 Å². The van der Waals surface area contributed by atoms with Crippen LogP contribution >= 0.6 is 34.2 Å². The van der Waals surface area contributed by atoms with Crippen LogP contribution in [0.4, 0.5) is 0 Å². The van der Waals surface area contributed by atoms with E-state index in [1.165, 1.54) is 3.57 Å². The van der Waals surface area contributed by atoms with Crippen LogP contribution in [0.5, 0.6) is 0 Å². The molecule has 0 aliphatic rings. The van der Waals surface area contributed by atoms with Crippen LogP contribution in [0.25, 0.3) is 0 Å². The molecule has 0 heterocycles. The number of halogens is 2. The molecule has 0 spiro atoms. The molecule has 1 aromatic carbocycles. The molecule has 1 aromatic rings. The number of hydrogen-bond donors (Lipinski definition) is 1. The first-order valence-corrected chi connectivity index (χ1v) is 5.72. The van der Waals surface area contributed by atoms with E-state index in [1.54, 1.807) is 0 Å². The second-order valence-electron chi connectivity index (χ2n) is 3.27. The highest BCUT2D eigenvalue weighted by Crippen LogP contribution is 2.18. The van der Waals surface area contributed by atoms with E-state index in [0.29, 0.717) is 6.04 Å². The lowest BCUT2D eigenvalue weighted by Gasteiger charge is -2.09. The highest BCUT2D eigenvalue weighted by Gasteiger charge is 2.01. The van der Waals surface area contributed by atoms with Gasteiger partial charge in [0.25, 0.3) is 0 Å².